The zero-order valence-electron chi connectivity index (χ0n) is 19.0. The van der Waals surface area contributed by atoms with E-state index >= 15 is 0 Å². The Bertz CT molecular complexity index is 1100. The summed E-state index contributed by atoms with van der Waals surface area (Å²) in [6, 6.07) is 5.32. The predicted octanol–water partition coefficient (Wildman–Crippen LogP) is 3.47. The van der Waals surface area contributed by atoms with E-state index in [1.807, 2.05) is 27.7 Å². The van der Waals surface area contributed by atoms with E-state index in [1.165, 1.54) is 42.9 Å². The van der Waals surface area contributed by atoms with Crippen LogP contribution in [0.15, 0.2) is 47.3 Å². The number of hydrogen-bond donors (Lipinski definition) is 3. The number of nitrogen functional groups attached to an aromatic ring is 3. The molecule has 1 aliphatic heterocycles. The summed E-state index contributed by atoms with van der Waals surface area (Å²) in [7, 11) is -0.609. The summed E-state index contributed by atoms with van der Waals surface area (Å²) in [6.45, 7) is 7.75. The summed E-state index contributed by atoms with van der Waals surface area (Å²) in [5.41, 5.74) is 15.1. The smallest absolute Gasteiger partial charge is 0.399 e. The molecular weight excluding hydrogens is 516 g/mol. The van der Waals surface area contributed by atoms with E-state index in [9.17, 15) is 13.2 Å². The summed E-state index contributed by atoms with van der Waals surface area (Å²) < 4.78 is 50.0. The SMILES string of the molecule is CC1(C)OB(c2cnc(N)c(F)c2)OC1(C)C.Nc1ncc(Br)cc1F.Nc1ncccc1F. The highest BCUT2D eigenvalue weighted by Gasteiger charge is 2.51. The molecule has 4 rings (SSSR count). The van der Waals surface area contributed by atoms with Gasteiger partial charge in [0.1, 0.15) is 0 Å². The molecule has 1 aliphatic rings. The van der Waals surface area contributed by atoms with Crippen LogP contribution in [0, 0.1) is 17.5 Å². The van der Waals surface area contributed by atoms with E-state index < -0.39 is 35.8 Å². The number of pyridine rings is 3. The molecule has 0 aromatic carbocycles. The van der Waals surface area contributed by atoms with E-state index in [4.69, 9.17) is 26.5 Å². The Morgan fingerprint density at radius 3 is 1.71 bits per heavy atom. The minimum Gasteiger partial charge on any atom is -0.399 e. The van der Waals surface area contributed by atoms with Crippen molar-refractivity contribution in [3.05, 3.63) is 64.8 Å². The Morgan fingerprint density at radius 2 is 1.29 bits per heavy atom. The second kappa shape index (κ2) is 11.0. The quantitative estimate of drug-likeness (QED) is 0.399. The maximum absolute atomic E-state index is 13.3. The first-order chi connectivity index (χ1) is 15.7. The number of nitrogens with zero attached hydrogens (tertiary/aromatic N) is 3. The van der Waals surface area contributed by atoms with E-state index in [0.717, 1.165) is 0 Å². The average Bonchev–Trinajstić information content (AvgIpc) is 2.97. The van der Waals surface area contributed by atoms with Crippen LogP contribution < -0.4 is 22.7 Å². The molecule has 1 fully saturated rings. The number of rotatable bonds is 1. The van der Waals surface area contributed by atoms with Crippen LogP contribution in [-0.4, -0.2) is 33.3 Å². The predicted molar refractivity (Wildman–Crippen MR) is 129 cm³/mol. The standard InChI is InChI=1S/C11H16BFN2O2.C5H4BrFN2.C5H5FN2/c1-10(2)11(3,4)17-12(16-10)7-5-8(13)9(14)15-6-7;6-3-1-4(7)5(8)9-2-3;6-4-2-1-3-8-5(4)7/h5-6H,1-4H3,(H2,14,15);1-2H,(H2,8,9);1-3H,(H2,7,8). The van der Waals surface area contributed by atoms with Gasteiger partial charge >= 0.3 is 7.12 Å². The highest BCUT2D eigenvalue weighted by molar-refractivity contribution is 9.10. The fraction of sp³-hybridized carbons (Fsp3) is 0.286. The second-order valence-electron chi connectivity index (χ2n) is 8.12. The van der Waals surface area contributed by atoms with Crippen molar-refractivity contribution in [1.29, 1.82) is 0 Å². The minimum absolute atomic E-state index is 0.0486. The zero-order chi connectivity index (χ0) is 25.7. The van der Waals surface area contributed by atoms with Crippen LogP contribution in [0.4, 0.5) is 30.6 Å². The molecule has 8 nitrogen and oxygen atoms in total. The molecule has 3 aromatic heterocycles. The second-order valence-corrected chi connectivity index (χ2v) is 9.03. The fourth-order valence-corrected chi connectivity index (χ4v) is 2.70. The first-order valence-electron chi connectivity index (χ1n) is 9.92. The monoisotopic (exact) mass is 540 g/mol. The maximum atomic E-state index is 13.3. The highest BCUT2D eigenvalue weighted by atomic mass is 79.9. The third kappa shape index (κ3) is 7.05. The van der Waals surface area contributed by atoms with Crippen molar-refractivity contribution in [2.24, 2.45) is 0 Å². The first kappa shape index (κ1) is 27.4. The van der Waals surface area contributed by atoms with Gasteiger partial charge in [-0.05, 0) is 67.9 Å². The minimum atomic E-state index is -0.609. The molecule has 34 heavy (non-hydrogen) atoms. The van der Waals surface area contributed by atoms with Crippen LogP contribution in [0.25, 0.3) is 0 Å². The lowest BCUT2D eigenvalue weighted by Crippen LogP contribution is -2.41. The van der Waals surface area contributed by atoms with E-state index in [1.54, 1.807) is 0 Å². The topological polar surface area (TPSA) is 135 Å². The molecule has 4 heterocycles. The molecule has 0 unspecified atom stereocenters. The lowest BCUT2D eigenvalue weighted by Gasteiger charge is -2.32. The molecule has 0 spiro atoms. The van der Waals surface area contributed by atoms with Gasteiger partial charge in [-0.1, -0.05) is 0 Å². The van der Waals surface area contributed by atoms with Crippen molar-refractivity contribution in [3.63, 3.8) is 0 Å². The molecule has 182 valence electrons. The van der Waals surface area contributed by atoms with E-state index in [2.05, 4.69) is 30.9 Å². The van der Waals surface area contributed by atoms with Crippen LogP contribution in [0.1, 0.15) is 27.7 Å². The lowest BCUT2D eigenvalue weighted by molar-refractivity contribution is 0.00578. The molecule has 0 saturated carbocycles. The molecular formula is C21H25BBrF3N6O2. The Kier molecular flexibility index (Phi) is 8.86. The van der Waals surface area contributed by atoms with Gasteiger partial charge in [-0.2, -0.15) is 0 Å². The van der Waals surface area contributed by atoms with Gasteiger partial charge in [0, 0.05) is 28.5 Å². The summed E-state index contributed by atoms with van der Waals surface area (Å²) in [5.74, 6) is -1.76. The van der Waals surface area contributed by atoms with Crippen molar-refractivity contribution < 1.29 is 22.5 Å². The van der Waals surface area contributed by atoms with Crippen molar-refractivity contribution >= 4 is 46.0 Å². The molecule has 3 aromatic rings. The van der Waals surface area contributed by atoms with Gasteiger partial charge in [0.15, 0.2) is 34.9 Å². The summed E-state index contributed by atoms with van der Waals surface area (Å²) >= 11 is 3.04. The fourth-order valence-electron chi connectivity index (χ4n) is 2.39. The van der Waals surface area contributed by atoms with E-state index in [0.29, 0.717) is 9.94 Å². The Labute approximate surface area is 204 Å². The number of nitrogens with two attached hydrogens (primary N) is 3. The van der Waals surface area contributed by atoms with Crippen molar-refractivity contribution in [1.82, 2.24) is 15.0 Å². The lowest BCUT2D eigenvalue weighted by atomic mass is 9.80. The third-order valence-electron chi connectivity index (χ3n) is 5.04. The van der Waals surface area contributed by atoms with Gasteiger partial charge in [0.2, 0.25) is 0 Å². The third-order valence-corrected chi connectivity index (χ3v) is 5.47. The first-order valence-corrected chi connectivity index (χ1v) is 10.7. The van der Waals surface area contributed by atoms with Gasteiger partial charge in [-0.3, -0.25) is 0 Å². The van der Waals surface area contributed by atoms with Crippen molar-refractivity contribution in [2.75, 3.05) is 17.2 Å². The van der Waals surface area contributed by atoms with Crippen LogP contribution in [0.5, 0.6) is 0 Å². The number of anilines is 3. The normalized spacial score (nSPS) is 15.6. The molecule has 0 aliphatic carbocycles. The van der Waals surface area contributed by atoms with Crippen molar-refractivity contribution in [2.45, 2.75) is 38.9 Å². The van der Waals surface area contributed by atoms with Crippen molar-refractivity contribution in [3.8, 4) is 0 Å². The molecule has 0 atom stereocenters. The number of aromatic nitrogens is 3. The van der Waals surface area contributed by atoms with Gasteiger partial charge in [-0.25, -0.2) is 28.1 Å². The zero-order valence-corrected chi connectivity index (χ0v) is 20.6. The molecule has 13 heteroatoms. The molecule has 0 bridgehead atoms. The molecule has 0 amide bonds. The van der Waals surface area contributed by atoms with Crippen LogP contribution in [0.2, 0.25) is 0 Å². The number of hydrogen-bond acceptors (Lipinski definition) is 8. The summed E-state index contributed by atoms with van der Waals surface area (Å²) in [6.07, 6.45) is 4.36. The van der Waals surface area contributed by atoms with Crippen LogP contribution >= 0.6 is 15.9 Å². The van der Waals surface area contributed by atoms with Crippen LogP contribution in [-0.2, 0) is 9.31 Å². The molecule has 0 radical (unpaired) electrons. The molecule has 6 N–H and O–H groups in total. The van der Waals surface area contributed by atoms with Gasteiger partial charge in [0.05, 0.1) is 11.2 Å². The largest absolute Gasteiger partial charge is 0.496 e. The van der Waals surface area contributed by atoms with E-state index in [-0.39, 0.29) is 17.5 Å². The Balaban J connectivity index is 0.000000201. The summed E-state index contributed by atoms with van der Waals surface area (Å²) in [5, 5.41) is 0. The Morgan fingerprint density at radius 1 is 0.794 bits per heavy atom. The maximum Gasteiger partial charge on any atom is 0.496 e. The summed E-state index contributed by atoms with van der Waals surface area (Å²) in [4.78, 5) is 10.8. The number of halogens is 4. The Hall–Kier alpha value is -2.90. The highest BCUT2D eigenvalue weighted by Crippen LogP contribution is 2.36. The van der Waals surface area contributed by atoms with Gasteiger partial charge in [-0.15, -0.1) is 0 Å². The molecule has 1 saturated heterocycles. The van der Waals surface area contributed by atoms with Gasteiger partial charge in [0.25, 0.3) is 0 Å². The van der Waals surface area contributed by atoms with Crippen LogP contribution in [0.3, 0.4) is 0 Å². The van der Waals surface area contributed by atoms with Gasteiger partial charge < -0.3 is 26.5 Å². The average molecular weight is 541 g/mol.